The molecule has 9 heteroatoms. The molecule has 0 saturated heterocycles. The number of benzene rings is 1. The molecule has 1 amide bonds. The highest BCUT2D eigenvalue weighted by atomic mass is 16.6. The summed E-state index contributed by atoms with van der Waals surface area (Å²) in [5, 5.41) is 13.9. The molecule has 0 bridgehead atoms. The lowest BCUT2D eigenvalue weighted by molar-refractivity contribution is -0.385. The predicted octanol–water partition coefficient (Wildman–Crippen LogP) is 2.62. The molecule has 0 aliphatic heterocycles. The van der Waals surface area contributed by atoms with Crippen LogP contribution in [0, 0.1) is 10.1 Å². The average Bonchev–Trinajstić information content (AvgIpc) is 3.11. The van der Waals surface area contributed by atoms with Crippen LogP contribution in [0.4, 0.5) is 5.69 Å². The Hall–Kier alpha value is -3.62. The zero-order valence-electron chi connectivity index (χ0n) is 15.5. The molecule has 0 aliphatic rings. The highest BCUT2D eigenvalue weighted by Crippen LogP contribution is 2.28. The number of pyridine rings is 1. The Bertz CT molecular complexity index is 1010. The minimum absolute atomic E-state index is 0.141. The number of imidazole rings is 1. The molecule has 146 valence electrons. The lowest BCUT2D eigenvalue weighted by Gasteiger charge is -2.07. The van der Waals surface area contributed by atoms with Gasteiger partial charge in [-0.3, -0.25) is 14.9 Å². The standard InChI is InChI=1S/C19H20N4O5/c1-3-28-16-7-6-13(11-15(16)23(25)26)19(24)20-9-8-14-12-22-10-4-5-17(27-2)18(22)21-14/h4-7,10-12H,3,8-9H2,1-2H3,(H,20,24). The Morgan fingerprint density at radius 3 is 2.86 bits per heavy atom. The Balaban J connectivity index is 1.66. The minimum atomic E-state index is -0.564. The van der Waals surface area contributed by atoms with Gasteiger partial charge in [0.25, 0.3) is 5.91 Å². The molecule has 0 atom stereocenters. The molecule has 0 fully saturated rings. The largest absolute Gasteiger partial charge is 0.493 e. The van der Waals surface area contributed by atoms with Crippen molar-refractivity contribution in [3.8, 4) is 11.5 Å². The number of nitrogens with one attached hydrogen (secondary N) is 1. The summed E-state index contributed by atoms with van der Waals surface area (Å²) >= 11 is 0. The van der Waals surface area contributed by atoms with Crippen LogP contribution in [0.5, 0.6) is 11.5 Å². The molecule has 2 aromatic heterocycles. The van der Waals surface area contributed by atoms with Crippen LogP contribution >= 0.6 is 0 Å². The van der Waals surface area contributed by atoms with Crippen LogP contribution in [0.1, 0.15) is 23.0 Å². The number of rotatable bonds is 8. The smallest absolute Gasteiger partial charge is 0.311 e. The van der Waals surface area contributed by atoms with Gasteiger partial charge in [0, 0.05) is 37.0 Å². The fourth-order valence-electron chi connectivity index (χ4n) is 2.80. The van der Waals surface area contributed by atoms with Crippen molar-refractivity contribution in [1.82, 2.24) is 14.7 Å². The van der Waals surface area contributed by atoms with E-state index in [-0.39, 0.29) is 17.0 Å². The third-order valence-corrected chi connectivity index (χ3v) is 4.10. The summed E-state index contributed by atoms with van der Waals surface area (Å²) in [5.41, 5.74) is 1.46. The molecular weight excluding hydrogens is 364 g/mol. The molecule has 0 aliphatic carbocycles. The van der Waals surface area contributed by atoms with Crippen molar-refractivity contribution >= 4 is 17.2 Å². The van der Waals surface area contributed by atoms with E-state index < -0.39 is 10.8 Å². The lowest BCUT2D eigenvalue weighted by Crippen LogP contribution is -2.25. The van der Waals surface area contributed by atoms with Crippen molar-refractivity contribution in [2.24, 2.45) is 0 Å². The third kappa shape index (κ3) is 4.03. The van der Waals surface area contributed by atoms with E-state index in [1.54, 1.807) is 14.0 Å². The van der Waals surface area contributed by atoms with Gasteiger partial charge in [0.1, 0.15) is 0 Å². The summed E-state index contributed by atoms with van der Waals surface area (Å²) < 4.78 is 12.4. The van der Waals surface area contributed by atoms with Crippen molar-refractivity contribution in [1.29, 1.82) is 0 Å². The zero-order chi connectivity index (χ0) is 20.1. The van der Waals surface area contributed by atoms with Gasteiger partial charge in [-0.05, 0) is 31.2 Å². The summed E-state index contributed by atoms with van der Waals surface area (Å²) in [6.45, 7) is 2.38. The first-order valence-corrected chi connectivity index (χ1v) is 8.73. The molecule has 3 rings (SSSR count). The van der Waals surface area contributed by atoms with E-state index in [1.807, 2.05) is 28.9 Å². The van der Waals surface area contributed by atoms with Crippen molar-refractivity contribution in [3.05, 3.63) is 64.1 Å². The number of fused-ring (bicyclic) bond motifs is 1. The summed E-state index contributed by atoms with van der Waals surface area (Å²) in [6, 6.07) is 7.84. The summed E-state index contributed by atoms with van der Waals surface area (Å²) in [7, 11) is 1.58. The van der Waals surface area contributed by atoms with Crippen LogP contribution in [-0.4, -0.2) is 40.5 Å². The minimum Gasteiger partial charge on any atom is -0.493 e. The highest BCUT2D eigenvalue weighted by molar-refractivity contribution is 5.95. The predicted molar refractivity (Wildman–Crippen MR) is 102 cm³/mol. The number of carbonyl (C=O) groups is 1. The van der Waals surface area contributed by atoms with Crippen LogP contribution in [0.2, 0.25) is 0 Å². The molecule has 3 aromatic rings. The van der Waals surface area contributed by atoms with Gasteiger partial charge in [-0.2, -0.15) is 0 Å². The second-order valence-electron chi connectivity index (χ2n) is 5.92. The SMILES string of the molecule is CCOc1ccc(C(=O)NCCc2cn3cccc(OC)c3n2)cc1[N+](=O)[O-]. The number of nitro benzene ring substituents is 1. The average molecular weight is 384 g/mol. The molecule has 0 saturated carbocycles. The van der Waals surface area contributed by atoms with Crippen molar-refractivity contribution in [2.75, 3.05) is 20.3 Å². The van der Waals surface area contributed by atoms with Gasteiger partial charge < -0.3 is 19.2 Å². The first-order chi connectivity index (χ1) is 13.5. The van der Waals surface area contributed by atoms with E-state index in [2.05, 4.69) is 10.3 Å². The van der Waals surface area contributed by atoms with Gasteiger partial charge in [-0.1, -0.05) is 0 Å². The number of amides is 1. The number of aromatic nitrogens is 2. The van der Waals surface area contributed by atoms with Gasteiger partial charge in [-0.15, -0.1) is 0 Å². The quantitative estimate of drug-likeness (QED) is 0.472. The molecule has 2 heterocycles. The van der Waals surface area contributed by atoms with Gasteiger partial charge in [-0.25, -0.2) is 4.98 Å². The molecule has 1 aromatic carbocycles. The number of ether oxygens (including phenoxy) is 2. The Labute approximate surface area is 161 Å². The van der Waals surface area contributed by atoms with Crippen molar-refractivity contribution < 1.29 is 19.2 Å². The fourth-order valence-corrected chi connectivity index (χ4v) is 2.80. The van der Waals surface area contributed by atoms with E-state index >= 15 is 0 Å². The van der Waals surface area contributed by atoms with Gasteiger partial charge in [0.15, 0.2) is 17.1 Å². The first kappa shape index (κ1) is 19.2. The zero-order valence-corrected chi connectivity index (χ0v) is 15.5. The number of nitro groups is 1. The maximum absolute atomic E-state index is 12.3. The third-order valence-electron chi connectivity index (χ3n) is 4.10. The highest BCUT2D eigenvalue weighted by Gasteiger charge is 2.18. The number of hydrogen-bond donors (Lipinski definition) is 1. The van der Waals surface area contributed by atoms with Crippen LogP contribution in [0.3, 0.4) is 0 Å². The lowest BCUT2D eigenvalue weighted by atomic mass is 10.1. The summed E-state index contributed by atoms with van der Waals surface area (Å²) in [6.07, 6.45) is 4.24. The van der Waals surface area contributed by atoms with Gasteiger partial charge in [0.05, 0.1) is 24.3 Å². The van der Waals surface area contributed by atoms with Crippen LogP contribution in [0.25, 0.3) is 5.65 Å². The Morgan fingerprint density at radius 2 is 2.14 bits per heavy atom. The number of carbonyl (C=O) groups excluding carboxylic acids is 1. The molecular formula is C19H20N4O5. The maximum atomic E-state index is 12.3. The van der Waals surface area contributed by atoms with E-state index in [1.165, 1.54) is 18.2 Å². The van der Waals surface area contributed by atoms with Gasteiger partial charge in [0.2, 0.25) is 0 Å². The van der Waals surface area contributed by atoms with E-state index in [0.717, 1.165) is 5.69 Å². The molecule has 9 nitrogen and oxygen atoms in total. The van der Waals surface area contributed by atoms with Crippen LogP contribution in [-0.2, 0) is 6.42 Å². The fraction of sp³-hybridized carbons (Fsp3) is 0.263. The molecule has 0 spiro atoms. The molecule has 0 radical (unpaired) electrons. The van der Waals surface area contributed by atoms with Crippen LogP contribution < -0.4 is 14.8 Å². The van der Waals surface area contributed by atoms with Crippen molar-refractivity contribution in [2.45, 2.75) is 13.3 Å². The second-order valence-corrected chi connectivity index (χ2v) is 5.92. The van der Waals surface area contributed by atoms with E-state index in [9.17, 15) is 14.9 Å². The van der Waals surface area contributed by atoms with E-state index in [4.69, 9.17) is 9.47 Å². The molecule has 28 heavy (non-hydrogen) atoms. The number of methoxy groups -OCH3 is 1. The first-order valence-electron chi connectivity index (χ1n) is 8.73. The van der Waals surface area contributed by atoms with Gasteiger partial charge >= 0.3 is 5.69 Å². The molecule has 1 N–H and O–H groups in total. The topological polar surface area (TPSA) is 108 Å². The monoisotopic (exact) mass is 384 g/mol. The summed E-state index contributed by atoms with van der Waals surface area (Å²) in [4.78, 5) is 27.5. The maximum Gasteiger partial charge on any atom is 0.311 e. The normalized spacial score (nSPS) is 10.6. The van der Waals surface area contributed by atoms with E-state index in [0.29, 0.717) is 31.0 Å². The Kier molecular flexibility index (Phi) is 5.73. The Morgan fingerprint density at radius 1 is 1.32 bits per heavy atom. The van der Waals surface area contributed by atoms with Crippen LogP contribution in [0.15, 0.2) is 42.7 Å². The van der Waals surface area contributed by atoms with Crippen molar-refractivity contribution in [3.63, 3.8) is 0 Å². The number of nitrogens with zero attached hydrogens (tertiary/aromatic N) is 3. The summed E-state index contributed by atoms with van der Waals surface area (Å²) in [5.74, 6) is 0.412. The molecule has 0 unspecified atom stereocenters. The second kappa shape index (κ2) is 8.38. The number of hydrogen-bond acceptors (Lipinski definition) is 6.